The Morgan fingerprint density at radius 1 is 1.31 bits per heavy atom. The van der Waals surface area contributed by atoms with E-state index in [2.05, 4.69) is 20.2 Å². The van der Waals surface area contributed by atoms with Crippen LogP contribution >= 0.6 is 0 Å². The molecule has 0 radical (unpaired) electrons. The fraction of sp³-hybridized carbons (Fsp3) is 0.462. The number of ether oxygens (including phenoxy) is 1. The largest absolute Gasteiger partial charge is 0.473 e. The van der Waals surface area contributed by atoms with Crippen molar-refractivity contribution in [3.05, 3.63) is 40.5 Å². The maximum Gasteiger partial charge on any atom is 0.221 e. The highest BCUT2D eigenvalue weighted by Crippen LogP contribution is 2.35. The number of H-pyrrole nitrogens is 1. The summed E-state index contributed by atoms with van der Waals surface area (Å²) in [6.07, 6.45) is 3.25. The quantitative estimate of drug-likeness (QED) is 0.501. The third-order valence-electron chi connectivity index (χ3n) is 6.17. The van der Waals surface area contributed by atoms with Crippen LogP contribution in [-0.4, -0.2) is 79.6 Å². The van der Waals surface area contributed by atoms with E-state index in [1.54, 1.807) is 11.6 Å². The molecule has 2 atom stereocenters. The van der Waals surface area contributed by atoms with E-state index < -0.39 is 6.10 Å². The zero-order valence-electron chi connectivity index (χ0n) is 22.1. The first kappa shape index (κ1) is 25.6. The zero-order chi connectivity index (χ0) is 26.1. The normalized spacial score (nSPS) is 21.7. The number of aryl methyl sites for hydroxylation is 3. The Hall–Kier alpha value is -3.50. The summed E-state index contributed by atoms with van der Waals surface area (Å²) < 4.78 is 8.22. The summed E-state index contributed by atoms with van der Waals surface area (Å²) in [7, 11) is 3.90. The van der Waals surface area contributed by atoms with E-state index in [1.807, 2.05) is 60.0 Å². The Bertz CT molecular complexity index is 1360. The first-order valence-corrected chi connectivity index (χ1v) is 12.2. The van der Waals surface area contributed by atoms with Crippen molar-refractivity contribution in [2.75, 3.05) is 26.7 Å². The molecule has 0 fully saturated rings. The van der Waals surface area contributed by atoms with E-state index in [-0.39, 0.29) is 6.10 Å². The van der Waals surface area contributed by atoms with Crippen molar-refractivity contribution in [3.8, 4) is 17.1 Å². The molecule has 1 aliphatic rings. The number of aromatic amines is 1. The molecule has 0 amide bonds. The Morgan fingerprint density at radius 2 is 2.06 bits per heavy atom. The number of pyridine rings is 1. The Morgan fingerprint density at radius 3 is 2.75 bits per heavy atom. The number of fused-ring (bicyclic) bond motifs is 3. The molecule has 1 aliphatic heterocycles. The molecule has 0 aromatic carbocycles. The van der Waals surface area contributed by atoms with E-state index in [1.165, 1.54) is 0 Å². The van der Waals surface area contributed by atoms with E-state index in [0.717, 1.165) is 50.5 Å². The third-order valence-corrected chi connectivity index (χ3v) is 6.17. The summed E-state index contributed by atoms with van der Waals surface area (Å²) in [6, 6.07) is 2.03. The lowest BCUT2D eigenvalue weighted by Crippen LogP contribution is -2.36. The topological polar surface area (TPSA) is 130 Å². The van der Waals surface area contributed by atoms with Gasteiger partial charge < -0.3 is 15.6 Å². The minimum absolute atomic E-state index is 0.136. The third kappa shape index (κ3) is 5.19. The molecule has 36 heavy (non-hydrogen) atoms. The smallest absolute Gasteiger partial charge is 0.221 e. The number of hydrogen-bond acceptors (Lipinski definition) is 8. The van der Waals surface area contributed by atoms with Crippen LogP contribution in [0.3, 0.4) is 0 Å². The highest BCUT2D eigenvalue weighted by Gasteiger charge is 2.23. The first-order chi connectivity index (χ1) is 17.0. The molecule has 192 valence electrons. The molecule has 0 saturated carbocycles. The average Bonchev–Trinajstić information content (AvgIpc) is 3.31. The van der Waals surface area contributed by atoms with Crippen LogP contribution < -0.4 is 10.5 Å². The van der Waals surface area contributed by atoms with Crippen molar-refractivity contribution in [2.45, 2.75) is 46.8 Å². The van der Waals surface area contributed by atoms with Crippen LogP contribution in [0.2, 0.25) is 0 Å². The summed E-state index contributed by atoms with van der Waals surface area (Å²) in [5, 5.41) is 23.1. The molecule has 3 aromatic heterocycles. The molecule has 10 heteroatoms. The second-order valence-corrected chi connectivity index (χ2v) is 9.71. The number of nitrogens with one attached hydrogen (secondary N) is 1. The molecule has 4 N–H and O–H groups in total. The van der Waals surface area contributed by atoms with Crippen molar-refractivity contribution >= 4 is 22.7 Å². The lowest BCUT2D eigenvalue weighted by molar-refractivity contribution is 0.159. The van der Waals surface area contributed by atoms with Gasteiger partial charge in [0.15, 0.2) is 0 Å². The lowest BCUT2D eigenvalue weighted by atomic mass is 10.0. The van der Waals surface area contributed by atoms with Gasteiger partial charge in [-0.15, -0.1) is 0 Å². The summed E-state index contributed by atoms with van der Waals surface area (Å²) in [5.74, 6) is 0.677. The summed E-state index contributed by atoms with van der Waals surface area (Å²) >= 11 is 0. The number of nitrogens with two attached hydrogens (primary N) is 1. The van der Waals surface area contributed by atoms with Gasteiger partial charge in [0.1, 0.15) is 11.6 Å². The predicted octanol–water partition coefficient (Wildman–Crippen LogP) is 2.76. The molecule has 4 rings (SSSR count). The number of aliphatic imine (C=N–C) groups is 1. The van der Waals surface area contributed by atoms with Crippen LogP contribution in [0.4, 0.5) is 0 Å². The van der Waals surface area contributed by atoms with Crippen molar-refractivity contribution in [2.24, 2.45) is 17.8 Å². The Balaban J connectivity index is 1.94. The molecule has 0 aliphatic carbocycles. The second kappa shape index (κ2) is 10.2. The number of allylic oxidation sites excluding steroid dienone is 2. The summed E-state index contributed by atoms with van der Waals surface area (Å²) in [4.78, 5) is 11.7. The highest BCUT2D eigenvalue weighted by molar-refractivity contribution is 6.05. The van der Waals surface area contributed by atoms with E-state index in [0.29, 0.717) is 31.2 Å². The molecule has 0 saturated heterocycles. The van der Waals surface area contributed by atoms with Gasteiger partial charge in [-0.05, 0) is 59.9 Å². The van der Waals surface area contributed by atoms with Crippen molar-refractivity contribution in [1.82, 2.24) is 29.9 Å². The standard InChI is InChI=1S/C26H36N8O2/c1-14(35)11-28-23-13-33(6)12-15(2)36-26-24(17(4)32-34(26)7)22-10-20-21(9-8-19(23)16(3)27)30-31-25(20)18(5)29-22/h8-10,14-15,35H,11-13,27H2,1-7H3,(H,30,31)/b9-8+,19-16-,28-23?/t14-,15-/m0/s1. The van der Waals surface area contributed by atoms with E-state index >= 15 is 0 Å². The SMILES string of the molecule is C/C(N)=C1\C=C\c2[nH]nc3c(C)nc(cc23)-c2c(C)nn(C)c2O[C@@H](C)CN(C)CC1=NC[C@H](C)O. The Kier molecular flexibility index (Phi) is 7.28. The van der Waals surface area contributed by atoms with Crippen molar-refractivity contribution in [1.29, 1.82) is 0 Å². The van der Waals surface area contributed by atoms with Crippen LogP contribution in [0.5, 0.6) is 5.88 Å². The summed E-state index contributed by atoms with van der Waals surface area (Å²) in [5.41, 5.74) is 13.6. The van der Waals surface area contributed by atoms with E-state index in [4.69, 9.17) is 20.4 Å². The number of aliphatic hydroxyl groups excluding tert-OH is 1. The van der Waals surface area contributed by atoms with Gasteiger partial charge in [-0.25, -0.2) is 4.68 Å². The molecule has 0 spiro atoms. The van der Waals surface area contributed by atoms with Crippen molar-refractivity contribution in [3.63, 3.8) is 0 Å². The average molecular weight is 493 g/mol. The number of aromatic nitrogens is 5. The van der Waals surface area contributed by atoms with Crippen molar-refractivity contribution < 1.29 is 9.84 Å². The first-order valence-electron chi connectivity index (χ1n) is 12.2. The van der Waals surface area contributed by atoms with Crippen LogP contribution in [0.15, 0.2) is 28.4 Å². The zero-order valence-corrected chi connectivity index (χ0v) is 22.1. The van der Waals surface area contributed by atoms with Gasteiger partial charge >= 0.3 is 0 Å². The second-order valence-electron chi connectivity index (χ2n) is 9.71. The number of rotatable bonds is 2. The number of likely N-dealkylation sites (N-methyl/N-ethyl adjacent to an activating group) is 1. The van der Waals surface area contributed by atoms with E-state index in [9.17, 15) is 5.11 Å². The maximum atomic E-state index is 9.89. The van der Waals surface area contributed by atoms with Gasteiger partial charge in [-0.1, -0.05) is 0 Å². The number of hydrogen-bond donors (Lipinski definition) is 3. The lowest BCUT2D eigenvalue weighted by Gasteiger charge is -2.24. The molecular formula is C26H36N8O2. The molecule has 2 bridgehead atoms. The van der Waals surface area contributed by atoms with Crippen LogP contribution in [0.1, 0.15) is 37.9 Å². The van der Waals surface area contributed by atoms with Crippen LogP contribution in [0.25, 0.3) is 28.2 Å². The van der Waals surface area contributed by atoms with Gasteiger partial charge in [0.25, 0.3) is 0 Å². The summed E-state index contributed by atoms with van der Waals surface area (Å²) in [6.45, 7) is 11.0. The fourth-order valence-corrected chi connectivity index (χ4v) is 4.58. The fourth-order valence-electron chi connectivity index (χ4n) is 4.58. The molecule has 4 heterocycles. The number of aliphatic hydroxyl groups is 1. The molecule has 0 unspecified atom stereocenters. The monoisotopic (exact) mass is 492 g/mol. The molecule has 3 aromatic rings. The van der Waals surface area contributed by atoms with Gasteiger partial charge in [0, 0.05) is 36.8 Å². The van der Waals surface area contributed by atoms with Crippen LogP contribution in [0, 0.1) is 13.8 Å². The molecule has 10 nitrogen and oxygen atoms in total. The molecular weight excluding hydrogens is 456 g/mol. The number of nitrogens with zero attached hydrogens (tertiary/aromatic N) is 6. The predicted molar refractivity (Wildman–Crippen MR) is 143 cm³/mol. The maximum absolute atomic E-state index is 9.89. The highest BCUT2D eigenvalue weighted by atomic mass is 16.5. The minimum Gasteiger partial charge on any atom is -0.473 e. The Labute approximate surface area is 211 Å². The van der Waals surface area contributed by atoms with Gasteiger partial charge in [0.2, 0.25) is 5.88 Å². The van der Waals surface area contributed by atoms with Gasteiger partial charge in [-0.3, -0.25) is 20.0 Å². The van der Waals surface area contributed by atoms with Gasteiger partial charge in [-0.2, -0.15) is 10.2 Å². The van der Waals surface area contributed by atoms with Gasteiger partial charge in [0.05, 0.1) is 46.7 Å². The minimum atomic E-state index is -0.554. The van der Waals surface area contributed by atoms with Crippen LogP contribution in [-0.2, 0) is 7.05 Å².